The van der Waals surface area contributed by atoms with Crippen molar-refractivity contribution in [3.8, 4) is 0 Å². The average Bonchev–Trinajstić information content (AvgIpc) is 3.06. The third-order valence-corrected chi connectivity index (χ3v) is 6.84. The molecule has 7 nitrogen and oxygen atoms in total. The van der Waals surface area contributed by atoms with Crippen LogP contribution in [0.2, 0.25) is 0 Å². The van der Waals surface area contributed by atoms with Crippen LogP contribution < -0.4 is 4.90 Å². The van der Waals surface area contributed by atoms with Crippen molar-refractivity contribution >= 4 is 29.4 Å². The minimum absolute atomic E-state index is 0.0592. The van der Waals surface area contributed by atoms with E-state index in [4.69, 9.17) is 4.74 Å². The molecule has 1 saturated heterocycles. The van der Waals surface area contributed by atoms with Gasteiger partial charge in [0.2, 0.25) is 11.8 Å². The van der Waals surface area contributed by atoms with E-state index in [1.54, 1.807) is 11.8 Å². The van der Waals surface area contributed by atoms with Gasteiger partial charge in [-0.3, -0.25) is 19.3 Å². The highest BCUT2D eigenvalue weighted by Gasteiger charge is 2.51. The number of ether oxygens (including phenoxy) is 1. The number of amides is 3. The third kappa shape index (κ3) is 4.45. The van der Waals surface area contributed by atoms with E-state index >= 15 is 0 Å². The third-order valence-electron chi connectivity index (χ3n) is 6.84. The molecule has 0 unspecified atom stereocenters. The molecule has 4 atom stereocenters. The Bertz CT molecular complexity index is 959. The summed E-state index contributed by atoms with van der Waals surface area (Å²) in [4.78, 5) is 55.4. The van der Waals surface area contributed by atoms with Crippen LogP contribution in [0.3, 0.4) is 0 Å². The molecular weight excluding hydrogens is 420 g/mol. The fourth-order valence-corrected chi connectivity index (χ4v) is 5.17. The molecular formula is C26H32N2O5. The average molecular weight is 453 g/mol. The van der Waals surface area contributed by atoms with E-state index in [0.29, 0.717) is 25.8 Å². The molecule has 3 aliphatic rings. The van der Waals surface area contributed by atoms with Crippen LogP contribution in [0.25, 0.3) is 0 Å². The van der Waals surface area contributed by atoms with Crippen LogP contribution >= 0.6 is 0 Å². The Morgan fingerprint density at radius 1 is 1.03 bits per heavy atom. The smallest absolute Gasteiger partial charge is 0.330 e. The number of anilines is 1. The standard InChI is InChI=1S/C26H32N2O5/c1-16(2)15-22(28-24(30)19-11-5-6-12-20(19)25(28)31)26(32)33-17(3)23(29)27-14-8-10-18-9-4-7-13-21(18)27/h4-7,9,13,16-17,19-20,22H,8,10-12,14-15H2,1-3H3/t17-,19-,20+,22-/m1/s1. The lowest BCUT2D eigenvalue weighted by Gasteiger charge is -2.32. The Hall–Kier alpha value is -2.96. The number of imide groups is 1. The van der Waals surface area contributed by atoms with E-state index < -0.39 is 30.0 Å². The molecule has 0 bridgehead atoms. The van der Waals surface area contributed by atoms with Crippen molar-refractivity contribution in [1.29, 1.82) is 0 Å². The Morgan fingerprint density at radius 2 is 1.67 bits per heavy atom. The molecule has 0 spiro atoms. The maximum atomic E-state index is 13.3. The van der Waals surface area contributed by atoms with E-state index in [9.17, 15) is 19.2 Å². The van der Waals surface area contributed by atoms with Gasteiger partial charge in [0.15, 0.2) is 6.10 Å². The van der Waals surface area contributed by atoms with E-state index in [-0.39, 0.29) is 23.6 Å². The number of rotatable bonds is 6. The molecule has 1 aromatic carbocycles. The van der Waals surface area contributed by atoms with Gasteiger partial charge in [-0.05, 0) is 56.6 Å². The Labute approximate surface area is 194 Å². The predicted octanol–water partition coefficient (Wildman–Crippen LogP) is 3.26. The molecule has 1 aromatic rings. The molecule has 2 aliphatic heterocycles. The van der Waals surface area contributed by atoms with Crippen molar-refractivity contribution < 1.29 is 23.9 Å². The number of carbonyl (C=O) groups is 4. The van der Waals surface area contributed by atoms with Crippen LogP contribution in [0.15, 0.2) is 36.4 Å². The second-order valence-corrected chi connectivity index (χ2v) is 9.65. The monoisotopic (exact) mass is 452 g/mol. The number of aryl methyl sites for hydroxylation is 1. The van der Waals surface area contributed by atoms with Gasteiger partial charge in [-0.1, -0.05) is 44.2 Å². The first kappa shape index (κ1) is 23.2. The van der Waals surface area contributed by atoms with Crippen molar-refractivity contribution in [1.82, 2.24) is 4.90 Å². The van der Waals surface area contributed by atoms with Crippen molar-refractivity contribution in [2.45, 2.75) is 65.0 Å². The normalized spacial score (nSPS) is 23.9. The first-order valence-corrected chi connectivity index (χ1v) is 11.9. The van der Waals surface area contributed by atoms with Gasteiger partial charge in [0.1, 0.15) is 6.04 Å². The summed E-state index contributed by atoms with van der Waals surface area (Å²) in [6.45, 7) is 5.98. The quantitative estimate of drug-likeness (QED) is 0.376. The highest BCUT2D eigenvalue weighted by atomic mass is 16.5. The molecule has 176 valence electrons. The second kappa shape index (κ2) is 9.49. The second-order valence-electron chi connectivity index (χ2n) is 9.65. The number of fused-ring (bicyclic) bond motifs is 2. The van der Waals surface area contributed by atoms with E-state index in [1.807, 2.05) is 50.3 Å². The summed E-state index contributed by atoms with van der Waals surface area (Å²) < 4.78 is 5.61. The van der Waals surface area contributed by atoms with Crippen LogP contribution in [0.4, 0.5) is 5.69 Å². The molecule has 7 heteroatoms. The first-order chi connectivity index (χ1) is 15.8. The zero-order valence-electron chi connectivity index (χ0n) is 19.5. The fourth-order valence-electron chi connectivity index (χ4n) is 5.17. The van der Waals surface area contributed by atoms with Crippen molar-refractivity contribution in [3.05, 3.63) is 42.0 Å². The molecule has 33 heavy (non-hydrogen) atoms. The van der Waals surface area contributed by atoms with Gasteiger partial charge in [-0.2, -0.15) is 0 Å². The highest BCUT2D eigenvalue weighted by molar-refractivity contribution is 6.08. The number of likely N-dealkylation sites (tertiary alicyclic amines) is 1. The van der Waals surface area contributed by atoms with Crippen LogP contribution in [0.1, 0.15) is 52.0 Å². The highest BCUT2D eigenvalue weighted by Crippen LogP contribution is 2.37. The largest absolute Gasteiger partial charge is 0.451 e. The number of hydrogen-bond acceptors (Lipinski definition) is 5. The number of benzene rings is 1. The summed E-state index contributed by atoms with van der Waals surface area (Å²) in [7, 11) is 0. The number of allylic oxidation sites excluding steroid dienone is 2. The molecule has 1 aliphatic carbocycles. The predicted molar refractivity (Wildman–Crippen MR) is 123 cm³/mol. The lowest BCUT2D eigenvalue weighted by atomic mass is 9.85. The van der Waals surface area contributed by atoms with E-state index in [1.165, 1.54) is 0 Å². The molecule has 0 N–H and O–H groups in total. The number of carbonyl (C=O) groups excluding carboxylic acids is 4. The molecule has 0 aromatic heterocycles. The number of nitrogens with zero attached hydrogens (tertiary/aromatic N) is 2. The van der Waals surface area contributed by atoms with Crippen molar-refractivity contribution in [3.63, 3.8) is 0 Å². The van der Waals surface area contributed by atoms with Gasteiger partial charge < -0.3 is 9.64 Å². The van der Waals surface area contributed by atoms with Gasteiger partial charge in [0, 0.05) is 12.2 Å². The van der Waals surface area contributed by atoms with Crippen LogP contribution in [0, 0.1) is 17.8 Å². The SMILES string of the molecule is CC(C)C[C@H](C(=O)O[C@H](C)C(=O)N1CCCc2ccccc21)N1C(=O)[C@H]2CC=CC[C@H]2C1=O. The van der Waals surface area contributed by atoms with Crippen molar-refractivity contribution in [2.75, 3.05) is 11.4 Å². The summed E-state index contributed by atoms with van der Waals surface area (Å²) in [6.07, 6.45) is 5.89. The number of hydrogen-bond donors (Lipinski definition) is 0. The maximum absolute atomic E-state index is 13.3. The van der Waals surface area contributed by atoms with Gasteiger partial charge in [0.05, 0.1) is 11.8 Å². The molecule has 4 rings (SSSR count). The van der Waals surface area contributed by atoms with Crippen LogP contribution in [0.5, 0.6) is 0 Å². The van der Waals surface area contributed by atoms with Gasteiger partial charge in [-0.15, -0.1) is 0 Å². The molecule has 3 amide bonds. The van der Waals surface area contributed by atoms with Gasteiger partial charge in [-0.25, -0.2) is 4.79 Å². The number of para-hydroxylation sites is 1. The zero-order valence-corrected chi connectivity index (χ0v) is 19.5. The first-order valence-electron chi connectivity index (χ1n) is 11.9. The molecule has 0 radical (unpaired) electrons. The Kier molecular flexibility index (Phi) is 6.68. The Balaban J connectivity index is 1.50. The maximum Gasteiger partial charge on any atom is 0.330 e. The summed E-state index contributed by atoms with van der Waals surface area (Å²) in [5.74, 6) is -2.35. The minimum atomic E-state index is -1.02. The summed E-state index contributed by atoms with van der Waals surface area (Å²) in [5, 5.41) is 0. The molecule has 2 heterocycles. The fraction of sp³-hybridized carbons (Fsp3) is 0.538. The lowest BCUT2D eigenvalue weighted by molar-refractivity contribution is -0.165. The lowest BCUT2D eigenvalue weighted by Crippen LogP contribution is -2.49. The molecule has 0 saturated carbocycles. The van der Waals surface area contributed by atoms with Crippen molar-refractivity contribution in [2.24, 2.45) is 17.8 Å². The minimum Gasteiger partial charge on any atom is -0.451 e. The van der Waals surface area contributed by atoms with Crippen LogP contribution in [-0.2, 0) is 30.3 Å². The number of esters is 1. The van der Waals surface area contributed by atoms with E-state index in [0.717, 1.165) is 29.0 Å². The summed E-state index contributed by atoms with van der Waals surface area (Å²) in [5.41, 5.74) is 1.94. The zero-order chi connectivity index (χ0) is 23.7. The Morgan fingerprint density at radius 3 is 2.30 bits per heavy atom. The van der Waals surface area contributed by atoms with Crippen LogP contribution in [-0.4, -0.2) is 47.3 Å². The van der Waals surface area contributed by atoms with Gasteiger partial charge >= 0.3 is 5.97 Å². The van der Waals surface area contributed by atoms with Gasteiger partial charge in [0.25, 0.3) is 5.91 Å². The van der Waals surface area contributed by atoms with E-state index in [2.05, 4.69) is 0 Å². The molecule has 1 fully saturated rings. The summed E-state index contributed by atoms with van der Waals surface area (Å²) >= 11 is 0. The summed E-state index contributed by atoms with van der Waals surface area (Å²) in [6, 6.07) is 6.73. The topological polar surface area (TPSA) is 84.0 Å².